The van der Waals surface area contributed by atoms with E-state index in [0.29, 0.717) is 0 Å². The van der Waals surface area contributed by atoms with E-state index in [4.69, 9.17) is 11.0 Å². The highest BCUT2D eigenvalue weighted by Gasteiger charge is 2.01. The average Bonchev–Trinajstić information content (AvgIpc) is 1.85. The molecule has 0 aromatic carbocycles. The zero-order valence-corrected chi connectivity index (χ0v) is 5.26. The highest BCUT2D eigenvalue weighted by Crippen LogP contribution is 1.85. The van der Waals surface area contributed by atoms with Gasteiger partial charge in [0, 0.05) is 12.8 Å². The number of rotatable bonds is 3. The zero-order chi connectivity index (χ0) is 7.98. The van der Waals surface area contributed by atoms with Crippen LogP contribution in [-0.4, -0.2) is 11.8 Å². The summed E-state index contributed by atoms with van der Waals surface area (Å²) in [6.45, 7) is 0. The highest BCUT2D eigenvalue weighted by atomic mass is 16.2. The van der Waals surface area contributed by atoms with Gasteiger partial charge in [-0.3, -0.25) is 14.9 Å². The van der Waals surface area contributed by atoms with Crippen LogP contribution < -0.4 is 11.1 Å². The van der Waals surface area contributed by atoms with Crippen LogP contribution >= 0.6 is 0 Å². The number of nitrogens with one attached hydrogen (secondary N) is 1. The van der Waals surface area contributed by atoms with Crippen molar-refractivity contribution in [2.24, 2.45) is 5.73 Å². The number of amides is 2. The van der Waals surface area contributed by atoms with Crippen molar-refractivity contribution in [3.63, 3.8) is 0 Å². The van der Waals surface area contributed by atoms with E-state index in [9.17, 15) is 9.59 Å². The maximum atomic E-state index is 10.4. The van der Waals surface area contributed by atoms with Gasteiger partial charge in [-0.15, -0.1) is 0 Å². The Kier molecular flexibility index (Phi) is 3.64. The third kappa shape index (κ3) is 4.59. The molecule has 0 aromatic heterocycles. The second-order valence-electron chi connectivity index (χ2n) is 1.63. The van der Waals surface area contributed by atoms with E-state index >= 15 is 0 Å². The van der Waals surface area contributed by atoms with Gasteiger partial charge in [-0.25, -0.2) is 0 Å². The van der Waals surface area contributed by atoms with Crippen LogP contribution in [0.2, 0.25) is 0 Å². The van der Waals surface area contributed by atoms with Gasteiger partial charge < -0.3 is 5.73 Å². The van der Waals surface area contributed by atoms with Crippen molar-refractivity contribution in [1.82, 2.24) is 5.32 Å². The van der Waals surface area contributed by atoms with Crippen LogP contribution in [0.25, 0.3) is 0 Å². The Bertz CT molecular complexity index is 182. The monoisotopic (exact) mass is 141 g/mol. The average molecular weight is 141 g/mol. The van der Waals surface area contributed by atoms with E-state index in [1.54, 1.807) is 0 Å². The molecule has 0 heterocycles. The predicted octanol–water partition coefficient (Wildman–Crippen LogP) is -1.15. The van der Waals surface area contributed by atoms with Gasteiger partial charge in [-0.1, -0.05) is 0 Å². The normalized spacial score (nSPS) is 7.90. The topological polar surface area (TPSA) is 96.0 Å². The molecular weight excluding hydrogens is 134 g/mol. The van der Waals surface area contributed by atoms with Gasteiger partial charge in [0.1, 0.15) is 0 Å². The minimum Gasteiger partial charge on any atom is -0.370 e. The molecule has 0 fully saturated rings. The Balaban J connectivity index is 3.42. The van der Waals surface area contributed by atoms with E-state index in [1.807, 2.05) is 5.32 Å². The summed E-state index contributed by atoms with van der Waals surface area (Å²) in [7, 11) is 0. The molecule has 0 aliphatic carbocycles. The molecule has 0 saturated heterocycles. The van der Waals surface area contributed by atoms with Crippen LogP contribution in [0.3, 0.4) is 0 Å². The second kappa shape index (κ2) is 4.32. The minimum absolute atomic E-state index is 0.0203. The van der Waals surface area contributed by atoms with Gasteiger partial charge in [0.25, 0.3) is 0 Å². The van der Waals surface area contributed by atoms with Gasteiger partial charge in [0.2, 0.25) is 11.8 Å². The number of nitriles is 1. The van der Waals surface area contributed by atoms with Crippen molar-refractivity contribution in [3.8, 4) is 6.19 Å². The minimum atomic E-state index is -0.548. The number of nitrogens with two attached hydrogens (primary N) is 1. The molecule has 0 aromatic rings. The lowest BCUT2D eigenvalue weighted by atomic mass is 10.3. The van der Waals surface area contributed by atoms with Crippen molar-refractivity contribution >= 4 is 11.8 Å². The summed E-state index contributed by atoms with van der Waals surface area (Å²) in [4.78, 5) is 20.5. The second-order valence-corrected chi connectivity index (χ2v) is 1.63. The summed E-state index contributed by atoms with van der Waals surface area (Å²) < 4.78 is 0. The molecule has 0 spiro atoms. The van der Waals surface area contributed by atoms with Gasteiger partial charge in [-0.2, -0.15) is 5.26 Å². The number of nitrogens with zero attached hydrogens (tertiary/aromatic N) is 1. The van der Waals surface area contributed by atoms with Crippen molar-refractivity contribution in [1.29, 1.82) is 5.26 Å². The lowest BCUT2D eigenvalue weighted by Gasteiger charge is -1.91. The highest BCUT2D eigenvalue weighted by molar-refractivity contribution is 5.83. The molecule has 10 heavy (non-hydrogen) atoms. The fourth-order valence-corrected chi connectivity index (χ4v) is 0.362. The number of hydrogen-bond donors (Lipinski definition) is 2. The zero-order valence-electron chi connectivity index (χ0n) is 5.26. The third-order valence-corrected chi connectivity index (χ3v) is 0.794. The number of hydrogen-bond acceptors (Lipinski definition) is 3. The van der Waals surface area contributed by atoms with E-state index in [1.165, 1.54) is 6.19 Å². The van der Waals surface area contributed by atoms with Gasteiger partial charge in [-0.05, 0) is 0 Å². The van der Waals surface area contributed by atoms with Gasteiger partial charge in [0.15, 0.2) is 6.19 Å². The van der Waals surface area contributed by atoms with Gasteiger partial charge in [0.05, 0.1) is 0 Å². The van der Waals surface area contributed by atoms with Crippen LogP contribution in [0.4, 0.5) is 0 Å². The molecule has 0 unspecified atom stereocenters. The van der Waals surface area contributed by atoms with E-state index in [0.717, 1.165) is 0 Å². The van der Waals surface area contributed by atoms with Crippen LogP contribution in [0.5, 0.6) is 0 Å². The van der Waals surface area contributed by atoms with E-state index in [-0.39, 0.29) is 12.8 Å². The smallest absolute Gasteiger partial charge is 0.233 e. The van der Waals surface area contributed by atoms with Crippen molar-refractivity contribution < 1.29 is 9.59 Å². The summed E-state index contributed by atoms with van der Waals surface area (Å²) in [5, 5.41) is 9.76. The first-order chi connectivity index (χ1) is 4.66. The Hall–Kier alpha value is -1.57. The largest absolute Gasteiger partial charge is 0.370 e. The molecule has 5 heteroatoms. The fraction of sp³-hybridized carbons (Fsp3) is 0.400. The number of carbonyl (C=O) groups is 2. The molecule has 2 amide bonds. The maximum absolute atomic E-state index is 10.4. The molecule has 0 rings (SSSR count). The molecule has 0 saturated carbocycles. The van der Waals surface area contributed by atoms with Crippen LogP contribution in [-0.2, 0) is 9.59 Å². The Morgan fingerprint density at radius 1 is 1.50 bits per heavy atom. The van der Waals surface area contributed by atoms with Crippen molar-refractivity contribution in [2.75, 3.05) is 0 Å². The van der Waals surface area contributed by atoms with Crippen molar-refractivity contribution in [3.05, 3.63) is 0 Å². The Labute approximate surface area is 57.8 Å². The molecule has 5 nitrogen and oxygen atoms in total. The Morgan fingerprint density at radius 3 is 2.50 bits per heavy atom. The standard InChI is InChI=1S/C5H7N3O2/c6-3-8-5(10)2-1-4(7)9/h1-2H2,(H2,7,9)(H,8,10). The Morgan fingerprint density at radius 2 is 2.10 bits per heavy atom. The predicted molar refractivity (Wildman–Crippen MR) is 32.2 cm³/mol. The number of primary amides is 1. The molecule has 54 valence electrons. The summed E-state index contributed by atoms with van der Waals surface area (Å²) in [5.74, 6) is -1.03. The van der Waals surface area contributed by atoms with Crippen LogP contribution in [0, 0.1) is 11.5 Å². The summed E-state index contributed by atoms with van der Waals surface area (Å²) in [6.07, 6.45) is 1.39. The molecule has 0 aliphatic heterocycles. The van der Waals surface area contributed by atoms with Crippen LogP contribution in [0.1, 0.15) is 12.8 Å². The first-order valence-electron chi connectivity index (χ1n) is 2.63. The maximum Gasteiger partial charge on any atom is 0.233 e. The lowest BCUT2D eigenvalue weighted by Crippen LogP contribution is -2.20. The number of carbonyl (C=O) groups excluding carboxylic acids is 2. The molecule has 0 bridgehead atoms. The van der Waals surface area contributed by atoms with Gasteiger partial charge >= 0.3 is 0 Å². The quantitative estimate of drug-likeness (QED) is 0.383. The summed E-state index contributed by atoms with van der Waals surface area (Å²) in [5.41, 5.74) is 4.74. The van der Waals surface area contributed by atoms with E-state index < -0.39 is 11.8 Å². The molecule has 0 atom stereocenters. The molecule has 0 radical (unpaired) electrons. The summed E-state index contributed by atoms with van der Waals surface area (Å²) >= 11 is 0. The summed E-state index contributed by atoms with van der Waals surface area (Å²) in [6, 6.07) is 0. The van der Waals surface area contributed by atoms with E-state index in [2.05, 4.69) is 0 Å². The molecular formula is C5H7N3O2. The third-order valence-electron chi connectivity index (χ3n) is 0.794. The fourth-order valence-electron chi connectivity index (χ4n) is 0.362. The first kappa shape index (κ1) is 8.43. The lowest BCUT2D eigenvalue weighted by molar-refractivity contribution is -0.124. The van der Waals surface area contributed by atoms with Crippen molar-refractivity contribution in [2.45, 2.75) is 12.8 Å². The van der Waals surface area contributed by atoms with Crippen LogP contribution in [0.15, 0.2) is 0 Å². The molecule has 0 aliphatic rings. The molecule has 3 N–H and O–H groups in total. The SMILES string of the molecule is N#CNC(=O)CCC(N)=O. The first-order valence-corrected chi connectivity index (χ1v) is 2.63.